The Kier molecular flexibility index (Phi) is 12.0. The predicted molar refractivity (Wildman–Crippen MR) is 147 cm³/mol. The van der Waals surface area contributed by atoms with Gasteiger partial charge in [-0.2, -0.15) is 0 Å². The first-order valence-corrected chi connectivity index (χ1v) is 13.4. The summed E-state index contributed by atoms with van der Waals surface area (Å²) in [4.78, 5) is 67.1. The topological polar surface area (TPSA) is 183 Å². The number of carbonyl (C=O) groups excluding carboxylic acids is 4. The molecule has 4 rings (SSSR count). The maximum absolute atomic E-state index is 11.7. The normalized spacial score (nSPS) is 19.0. The Hall–Kier alpha value is -3.13. The molecule has 0 bridgehead atoms. The Morgan fingerprint density at radius 2 is 0.951 bits per heavy atom. The fourth-order valence-corrected chi connectivity index (χ4v) is 4.33. The summed E-state index contributed by atoms with van der Waals surface area (Å²) in [5, 5.41) is 17.7. The van der Waals surface area contributed by atoms with Crippen LogP contribution in [0, 0.1) is 10.8 Å². The Labute approximate surface area is 245 Å². The van der Waals surface area contributed by atoms with E-state index >= 15 is 0 Å². The van der Waals surface area contributed by atoms with Crippen LogP contribution in [0.25, 0.3) is 0 Å². The van der Waals surface area contributed by atoms with E-state index in [1.165, 1.54) is 6.92 Å². The molecule has 4 aliphatic heterocycles. The Morgan fingerprint density at radius 1 is 0.659 bits per heavy atom. The van der Waals surface area contributed by atoms with E-state index in [2.05, 4.69) is 16.9 Å². The summed E-state index contributed by atoms with van der Waals surface area (Å²) >= 11 is 4.64. The van der Waals surface area contributed by atoms with Gasteiger partial charge in [-0.3, -0.25) is 9.59 Å². The summed E-state index contributed by atoms with van der Waals surface area (Å²) in [5.74, 6) is -3.53. The van der Waals surface area contributed by atoms with Gasteiger partial charge in [0.25, 0.3) is 0 Å². The van der Waals surface area contributed by atoms with Gasteiger partial charge in [0.15, 0.2) is 0 Å². The molecule has 234 valence electrons. The van der Waals surface area contributed by atoms with E-state index in [1.807, 2.05) is 46.4 Å². The van der Waals surface area contributed by atoms with E-state index in [0.29, 0.717) is 18.5 Å². The first-order valence-electron chi connectivity index (χ1n) is 13.0. The molecule has 0 aliphatic carbocycles. The van der Waals surface area contributed by atoms with Crippen LogP contribution in [0.1, 0.15) is 55.4 Å². The number of nitrogens with zero attached hydrogens (tertiary/aromatic N) is 3. The monoisotopic (exact) mass is 606 g/mol. The third-order valence-electron chi connectivity index (χ3n) is 6.09. The van der Waals surface area contributed by atoms with Crippen LogP contribution in [0.3, 0.4) is 0 Å². The number of hydrogen-bond acceptors (Lipinski definition) is 9. The van der Waals surface area contributed by atoms with Crippen LogP contribution in [0.5, 0.6) is 0 Å². The molecule has 0 saturated carbocycles. The minimum Gasteiger partial charge on any atom is -0.473 e. The van der Waals surface area contributed by atoms with Crippen LogP contribution in [0.2, 0.25) is 0 Å². The average Bonchev–Trinajstić information content (AvgIpc) is 2.60. The molecule has 2 spiro atoms. The lowest BCUT2D eigenvalue weighted by atomic mass is 9.73. The molecule has 4 fully saturated rings. The van der Waals surface area contributed by atoms with Crippen molar-refractivity contribution in [1.82, 2.24) is 20.0 Å². The molecule has 14 nitrogen and oxygen atoms in total. The summed E-state index contributed by atoms with van der Waals surface area (Å²) in [5.41, 5.74) is -0.276. The lowest BCUT2D eigenvalue weighted by molar-refractivity contribution is -0.159. The number of rotatable bonds is 0. The summed E-state index contributed by atoms with van der Waals surface area (Å²) in [6, 6.07) is 0. The van der Waals surface area contributed by atoms with Gasteiger partial charge in [0.1, 0.15) is 11.2 Å². The zero-order chi connectivity index (χ0) is 32.0. The second-order valence-electron chi connectivity index (χ2n) is 12.7. The summed E-state index contributed by atoms with van der Waals surface area (Å²) in [6.45, 7) is 20.9. The molecular weight excluding hydrogens is 564 g/mol. The van der Waals surface area contributed by atoms with Crippen LogP contribution in [0.15, 0.2) is 0 Å². The molecule has 0 radical (unpaired) electrons. The minimum atomic E-state index is -1.82. The van der Waals surface area contributed by atoms with Gasteiger partial charge < -0.3 is 39.7 Å². The number of halogens is 1. The van der Waals surface area contributed by atoms with E-state index in [1.54, 1.807) is 16.7 Å². The molecule has 0 unspecified atom stereocenters. The van der Waals surface area contributed by atoms with Gasteiger partial charge in [0, 0.05) is 77.0 Å². The molecule has 41 heavy (non-hydrogen) atoms. The van der Waals surface area contributed by atoms with Crippen LogP contribution >= 0.6 is 11.6 Å². The number of nitrogens with one attached hydrogen (secondary N) is 1. The number of aliphatic carboxylic acids is 2. The highest BCUT2D eigenvalue weighted by Gasteiger charge is 2.54. The van der Waals surface area contributed by atoms with Crippen molar-refractivity contribution in [3.63, 3.8) is 0 Å². The second kappa shape index (κ2) is 13.7. The summed E-state index contributed by atoms with van der Waals surface area (Å²) < 4.78 is 10.6. The highest BCUT2D eigenvalue weighted by Crippen LogP contribution is 2.40. The summed E-state index contributed by atoms with van der Waals surface area (Å²) in [6.07, 6.45) is -0.417. The Balaban J connectivity index is 0.000000314. The van der Waals surface area contributed by atoms with Crippen molar-refractivity contribution >= 4 is 46.9 Å². The van der Waals surface area contributed by atoms with E-state index in [0.717, 1.165) is 39.3 Å². The van der Waals surface area contributed by atoms with Crippen molar-refractivity contribution in [3.8, 4) is 0 Å². The van der Waals surface area contributed by atoms with E-state index < -0.39 is 17.5 Å². The number of likely N-dealkylation sites (tertiary alicyclic amines) is 3. The predicted octanol–water partition coefficient (Wildman–Crippen LogP) is 1.84. The first kappa shape index (κ1) is 35.9. The number of ether oxygens (including phenoxy) is 2. The van der Waals surface area contributed by atoms with E-state index in [9.17, 15) is 19.2 Å². The molecule has 3 N–H and O–H groups in total. The number of hydrogen-bond donors (Lipinski definition) is 3. The number of carboxylic acids is 2. The minimum absolute atomic E-state index is 0.117. The molecule has 0 aromatic rings. The molecule has 0 aromatic heterocycles. The van der Waals surface area contributed by atoms with Crippen molar-refractivity contribution in [2.24, 2.45) is 10.8 Å². The van der Waals surface area contributed by atoms with Gasteiger partial charge in [0.05, 0.1) is 0 Å². The molecule has 15 heteroatoms. The van der Waals surface area contributed by atoms with Gasteiger partial charge in [-0.1, -0.05) is 0 Å². The van der Waals surface area contributed by atoms with E-state index in [-0.39, 0.29) is 34.4 Å². The molecule has 3 amide bonds. The SMILES string of the molecule is CC(=O)Cl.CC(=O)N1CC2(C1)CN(C(=O)OC(C)(C)C)C2.CC(C)(C)OC(=O)N1CC2(CNC2)C1.O=C(O)C(=O)O. The number of carbonyl (C=O) groups is 6. The largest absolute Gasteiger partial charge is 0.473 e. The molecule has 0 aromatic carbocycles. The first-order chi connectivity index (χ1) is 18.5. The maximum Gasteiger partial charge on any atom is 0.414 e. The highest BCUT2D eigenvalue weighted by atomic mass is 35.5. The fraction of sp³-hybridized carbons (Fsp3) is 0.769. The van der Waals surface area contributed by atoms with Crippen LogP contribution in [0.4, 0.5) is 9.59 Å². The molecular formula is C26H43ClN4O10. The van der Waals surface area contributed by atoms with E-state index in [4.69, 9.17) is 29.3 Å². The third-order valence-corrected chi connectivity index (χ3v) is 6.09. The van der Waals surface area contributed by atoms with Crippen molar-refractivity contribution < 1.29 is 48.5 Å². The number of amides is 3. The second-order valence-corrected chi connectivity index (χ2v) is 13.3. The Bertz CT molecular complexity index is 979. The Morgan fingerprint density at radius 3 is 1.17 bits per heavy atom. The van der Waals surface area contributed by atoms with Crippen molar-refractivity contribution in [2.45, 2.75) is 66.6 Å². The average molecular weight is 607 g/mol. The molecule has 0 atom stereocenters. The van der Waals surface area contributed by atoms with Crippen molar-refractivity contribution in [2.75, 3.05) is 52.4 Å². The van der Waals surface area contributed by atoms with Crippen LogP contribution in [-0.4, -0.2) is 124 Å². The van der Waals surface area contributed by atoms with Gasteiger partial charge in [0.2, 0.25) is 11.1 Å². The standard InChI is InChI=1S/C12H20N2O3.C10H18N2O2.C2H3ClO.C2H2O4/c1-9(15)13-5-12(6-13)7-14(8-12)10(16)17-11(2,3)4;1-9(2,3)14-8(13)12-6-10(7-12)4-11-5-10;1-2(3)4;3-1(4)2(5)6/h5-8H2,1-4H3;11H,4-7H2,1-3H3;1H3;(H,3,4)(H,5,6). The van der Waals surface area contributed by atoms with Gasteiger partial charge in [-0.15, -0.1) is 0 Å². The van der Waals surface area contributed by atoms with Gasteiger partial charge in [-0.25, -0.2) is 19.2 Å². The zero-order valence-electron chi connectivity index (χ0n) is 25.0. The zero-order valence-corrected chi connectivity index (χ0v) is 25.8. The lowest BCUT2D eigenvalue weighted by Gasteiger charge is -2.59. The van der Waals surface area contributed by atoms with Crippen LogP contribution in [-0.2, 0) is 28.7 Å². The van der Waals surface area contributed by atoms with Crippen LogP contribution < -0.4 is 5.32 Å². The van der Waals surface area contributed by atoms with Crippen molar-refractivity contribution in [1.29, 1.82) is 0 Å². The lowest BCUT2D eigenvalue weighted by Crippen LogP contribution is -2.73. The third kappa shape index (κ3) is 12.1. The summed E-state index contributed by atoms with van der Waals surface area (Å²) in [7, 11) is 0. The highest BCUT2D eigenvalue weighted by molar-refractivity contribution is 6.62. The molecule has 4 heterocycles. The number of carboxylic acid groups (broad SMARTS) is 2. The fourth-order valence-electron chi connectivity index (χ4n) is 4.33. The molecule has 4 aliphatic rings. The van der Waals surface area contributed by atoms with Gasteiger partial charge in [-0.05, 0) is 53.1 Å². The van der Waals surface area contributed by atoms with Crippen molar-refractivity contribution in [3.05, 3.63) is 0 Å². The quantitative estimate of drug-likeness (QED) is 0.270. The maximum atomic E-state index is 11.7. The van der Waals surface area contributed by atoms with Gasteiger partial charge >= 0.3 is 24.1 Å². The smallest absolute Gasteiger partial charge is 0.414 e. The molecule has 4 saturated heterocycles.